The number of amides is 2. The number of aryl methyl sites for hydroxylation is 2. The average molecular weight is 395 g/mol. The molecule has 0 fully saturated rings. The molecular weight excluding hydrogens is 381 g/mol. The van der Waals surface area contributed by atoms with Gasteiger partial charge < -0.3 is 0 Å². The van der Waals surface area contributed by atoms with Crippen molar-refractivity contribution >= 4 is 34.4 Å². The number of aromatic nitrogens is 2. The summed E-state index contributed by atoms with van der Waals surface area (Å²) in [6.07, 6.45) is 0. The number of carbonyl (C=O) groups excluding carboxylic acids is 2. The highest BCUT2D eigenvalue weighted by atomic mass is 127. The zero-order valence-electron chi connectivity index (χ0n) is 11.8. The van der Waals surface area contributed by atoms with Gasteiger partial charge >= 0.3 is 0 Å². The van der Waals surface area contributed by atoms with E-state index in [1.807, 2.05) is 30.7 Å². The number of nitrogens with zero attached hydrogens (tertiary/aromatic N) is 3. The Morgan fingerprint density at radius 2 is 2.00 bits per heavy atom. The number of imide groups is 1. The summed E-state index contributed by atoms with van der Waals surface area (Å²) in [5.41, 5.74) is 2.77. The molecular formula is C15H14IN3O2. The Bertz CT molecular complexity index is 751. The first-order chi connectivity index (χ1) is 10.0. The predicted molar refractivity (Wildman–Crippen MR) is 86.0 cm³/mol. The van der Waals surface area contributed by atoms with Gasteiger partial charge in [-0.25, -0.2) is 0 Å². The third-order valence-corrected chi connectivity index (χ3v) is 4.45. The molecule has 2 amide bonds. The van der Waals surface area contributed by atoms with Crippen LogP contribution in [-0.4, -0.2) is 26.5 Å². The van der Waals surface area contributed by atoms with Crippen LogP contribution < -0.4 is 0 Å². The summed E-state index contributed by atoms with van der Waals surface area (Å²) in [6.45, 7) is 4.86. The maximum Gasteiger partial charge on any atom is 0.262 e. The quantitative estimate of drug-likeness (QED) is 0.593. The lowest BCUT2D eigenvalue weighted by Crippen LogP contribution is -2.30. The van der Waals surface area contributed by atoms with Gasteiger partial charge in [0.1, 0.15) is 0 Å². The summed E-state index contributed by atoms with van der Waals surface area (Å²) in [5.74, 6) is -0.448. The van der Waals surface area contributed by atoms with E-state index in [1.54, 1.807) is 12.1 Å². The largest absolute Gasteiger partial charge is 0.269 e. The number of fused-ring (bicyclic) bond motifs is 1. The Morgan fingerprint density at radius 3 is 2.67 bits per heavy atom. The molecule has 3 rings (SSSR count). The van der Waals surface area contributed by atoms with E-state index in [0.29, 0.717) is 17.7 Å². The number of halogens is 1. The molecule has 0 aliphatic carbocycles. The van der Waals surface area contributed by atoms with Crippen molar-refractivity contribution in [2.45, 2.75) is 26.9 Å². The highest BCUT2D eigenvalue weighted by molar-refractivity contribution is 14.1. The van der Waals surface area contributed by atoms with Crippen molar-refractivity contribution < 1.29 is 9.59 Å². The Balaban J connectivity index is 1.97. The second-order valence-corrected chi connectivity index (χ2v) is 6.11. The SMILES string of the molecule is CCn1nc(C)cc1CN1C(=O)c2cccc(I)c2C1=O. The molecule has 1 aromatic heterocycles. The molecule has 1 aliphatic rings. The first-order valence-electron chi connectivity index (χ1n) is 6.71. The monoisotopic (exact) mass is 395 g/mol. The van der Waals surface area contributed by atoms with E-state index >= 15 is 0 Å². The van der Waals surface area contributed by atoms with Crippen LogP contribution in [0.5, 0.6) is 0 Å². The molecule has 108 valence electrons. The molecule has 0 atom stereocenters. The Hall–Kier alpha value is -1.70. The number of rotatable bonds is 3. The summed E-state index contributed by atoms with van der Waals surface area (Å²) in [6, 6.07) is 7.27. The highest BCUT2D eigenvalue weighted by Crippen LogP contribution is 2.28. The molecule has 5 nitrogen and oxygen atoms in total. The van der Waals surface area contributed by atoms with Gasteiger partial charge in [-0.1, -0.05) is 6.07 Å². The van der Waals surface area contributed by atoms with E-state index < -0.39 is 0 Å². The van der Waals surface area contributed by atoms with E-state index in [9.17, 15) is 9.59 Å². The molecule has 0 saturated heterocycles. The van der Waals surface area contributed by atoms with Gasteiger partial charge in [-0.15, -0.1) is 0 Å². The second kappa shape index (κ2) is 5.25. The van der Waals surface area contributed by atoms with Crippen molar-refractivity contribution in [3.8, 4) is 0 Å². The van der Waals surface area contributed by atoms with Crippen molar-refractivity contribution in [1.29, 1.82) is 0 Å². The lowest BCUT2D eigenvalue weighted by molar-refractivity contribution is 0.0638. The lowest BCUT2D eigenvalue weighted by Gasteiger charge is -2.14. The molecule has 21 heavy (non-hydrogen) atoms. The molecule has 0 N–H and O–H groups in total. The van der Waals surface area contributed by atoms with Crippen LogP contribution in [0.15, 0.2) is 24.3 Å². The summed E-state index contributed by atoms with van der Waals surface area (Å²) in [4.78, 5) is 26.3. The molecule has 1 aromatic carbocycles. The van der Waals surface area contributed by atoms with E-state index in [1.165, 1.54) is 4.90 Å². The van der Waals surface area contributed by atoms with Crippen LogP contribution in [0.25, 0.3) is 0 Å². The summed E-state index contributed by atoms with van der Waals surface area (Å²) >= 11 is 2.09. The zero-order valence-corrected chi connectivity index (χ0v) is 13.9. The molecule has 0 radical (unpaired) electrons. The van der Waals surface area contributed by atoms with Crippen molar-refractivity contribution in [2.24, 2.45) is 0 Å². The predicted octanol–water partition coefficient (Wildman–Crippen LogP) is 2.61. The molecule has 6 heteroatoms. The molecule has 2 aromatic rings. The van der Waals surface area contributed by atoms with Gasteiger partial charge in [-0.05, 0) is 54.6 Å². The topological polar surface area (TPSA) is 55.2 Å². The molecule has 0 spiro atoms. The van der Waals surface area contributed by atoms with E-state index in [0.717, 1.165) is 15.0 Å². The van der Waals surface area contributed by atoms with Crippen molar-refractivity contribution in [3.63, 3.8) is 0 Å². The first kappa shape index (κ1) is 14.2. The molecule has 1 aliphatic heterocycles. The van der Waals surface area contributed by atoms with E-state index in [-0.39, 0.29) is 18.4 Å². The average Bonchev–Trinajstić information content (AvgIpc) is 2.93. The Kier molecular flexibility index (Phi) is 3.56. The van der Waals surface area contributed by atoms with Gasteiger partial charge in [-0.2, -0.15) is 5.10 Å². The van der Waals surface area contributed by atoms with Gasteiger partial charge in [0.15, 0.2) is 0 Å². The number of benzene rings is 1. The fourth-order valence-corrected chi connectivity index (χ4v) is 3.33. The molecule has 0 unspecified atom stereocenters. The fourth-order valence-electron chi connectivity index (χ4n) is 2.60. The maximum atomic E-state index is 12.5. The molecule has 0 saturated carbocycles. The fraction of sp³-hybridized carbons (Fsp3) is 0.267. The van der Waals surface area contributed by atoms with Gasteiger partial charge in [0.05, 0.1) is 29.1 Å². The van der Waals surface area contributed by atoms with Gasteiger partial charge in [0.25, 0.3) is 11.8 Å². The van der Waals surface area contributed by atoms with Gasteiger partial charge in [0, 0.05) is 10.1 Å². The molecule has 2 heterocycles. The third kappa shape index (κ3) is 2.27. The Labute approximate surface area is 136 Å². The zero-order chi connectivity index (χ0) is 15.1. The number of hydrogen-bond acceptors (Lipinski definition) is 3. The number of hydrogen-bond donors (Lipinski definition) is 0. The number of carbonyl (C=O) groups is 2. The van der Waals surface area contributed by atoms with E-state index in [2.05, 4.69) is 27.7 Å². The minimum atomic E-state index is -0.227. The van der Waals surface area contributed by atoms with E-state index in [4.69, 9.17) is 0 Å². The second-order valence-electron chi connectivity index (χ2n) is 4.95. The van der Waals surface area contributed by atoms with Crippen LogP contribution in [0.2, 0.25) is 0 Å². The van der Waals surface area contributed by atoms with Crippen LogP contribution in [0, 0.1) is 10.5 Å². The highest BCUT2D eigenvalue weighted by Gasteiger charge is 2.37. The third-order valence-electron chi connectivity index (χ3n) is 3.55. The Morgan fingerprint density at radius 1 is 1.24 bits per heavy atom. The van der Waals surface area contributed by atoms with Crippen molar-refractivity contribution in [2.75, 3.05) is 0 Å². The molecule has 0 bridgehead atoms. The van der Waals surface area contributed by atoms with Crippen molar-refractivity contribution in [1.82, 2.24) is 14.7 Å². The normalized spacial score (nSPS) is 14.0. The van der Waals surface area contributed by atoms with Gasteiger partial charge in [-0.3, -0.25) is 19.2 Å². The van der Waals surface area contributed by atoms with Crippen LogP contribution in [0.4, 0.5) is 0 Å². The smallest absolute Gasteiger partial charge is 0.262 e. The summed E-state index contributed by atoms with van der Waals surface area (Å²) in [5, 5.41) is 4.35. The van der Waals surface area contributed by atoms with Gasteiger partial charge in [0.2, 0.25) is 0 Å². The summed E-state index contributed by atoms with van der Waals surface area (Å²) in [7, 11) is 0. The van der Waals surface area contributed by atoms with Crippen LogP contribution in [-0.2, 0) is 13.1 Å². The summed E-state index contributed by atoms with van der Waals surface area (Å²) < 4.78 is 2.63. The minimum Gasteiger partial charge on any atom is -0.269 e. The van der Waals surface area contributed by atoms with Crippen molar-refractivity contribution in [3.05, 3.63) is 50.4 Å². The minimum absolute atomic E-state index is 0.221. The van der Waals surface area contributed by atoms with Crippen LogP contribution in [0.3, 0.4) is 0 Å². The van der Waals surface area contributed by atoms with Crippen LogP contribution in [0.1, 0.15) is 39.0 Å². The van der Waals surface area contributed by atoms with Crippen LogP contribution >= 0.6 is 22.6 Å². The standard InChI is InChI=1S/C15H14IN3O2/c1-3-19-10(7-9(2)17-19)8-18-14(20)11-5-4-6-12(16)13(11)15(18)21/h4-7H,3,8H2,1-2H3. The lowest BCUT2D eigenvalue weighted by atomic mass is 10.1. The maximum absolute atomic E-state index is 12.5. The first-order valence-corrected chi connectivity index (χ1v) is 7.78.